The number of benzene rings is 1. The van der Waals surface area contributed by atoms with Crippen LogP contribution < -0.4 is 5.32 Å². The van der Waals surface area contributed by atoms with E-state index in [9.17, 15) is 13.5 Å². The van der Waals surface area contributed by atoms with Crippen molar-refractivity contribution in [2.45, 2.75) is 30.8 Å². The molecule has 2 N–H and O–H groups in total. The molecule has 1 heterocycles. The second-order valence-electron chi connectivity index (χ2n) is 5.11. The van der Waals surface area contributed by atoms with Gasteiger partial charge in [0.2, 0.25) is 10.0 Å². The van der Waals surface area contributed by atoms with Crippen LogP contribution in [0.1, 0.15) is 20.3 Å². The number of para-hydroxylation sites is 1. The molecule has 0 saturated carbocycles. The number of rotatable bonds is 4. The molecule has 0 radical (unpaired) electrons. The molecule has 0 spiro atoms. The molecule has 106 valence electrons. The number of β-amino-alcohol motifs (C(OH)–C–C–N with tert-alkyl or cyclic N) is 1. The van der Waals surface area contributed by atoms with E-state index in [1.165, 1.54) is 4.31 Å². The monoisotopic (exact) mass is 284 g/mol. The van der Waals surface area contributed by atoms with E-state index in [0.717, 1.165) is 0 Å². The maximum atomic E-state index is 12.6. The molecule has 1 aromatic rings. The SMILES string of the molecule is CCNc1ccccc1S(=O)(=O)N1CCC(C)(O)C1. The van der Waals surface area contributed by atoms with Crippen molar-refractivity contribution in [1.82, 2.24) is 4.31 Å². The molecule has 1 aliphatic heterocycles. The first-order valence-electron chi connectivity index (χ1n) is 6.42. The van der Waals surface area contributed by atoms with Crippen molar-refractivity contribution >= 4 is 15.7 Å². The van der Waals surface area contributed by atoms with Crippen LogP contribution >= 0.6 is 0 Å². The Labute approximate surface area is 114 Å². The van der Waals surface area contributed by atoms with Crippen molar-refractivity contribution in [2.24, 2.45) is 0 Å². The van der Waals surface area contributed by atoms with E-state index in [4.69, 9.17) is 0 Å². The smallest absolute Gasteiger partial charge is 0.245 e. The predicted molar refractivity (Wildman–Crippen MR) is 74.6 cm³/mol. The lowest BCUT2D eigenvalue weighted by Gasteiger charge is -2.20. The van der Waals surface area contributed by atoms with Gasteiger partial charge in [-0.25, -0.2) is 8.42 Å². The van der Waals surface area contributed by atoms with Gasteiger partial charge in [0.15, 0.2) is 0 Å². The third-order valence-electron chi connectivity index (χ3n) is 3.29. The zero-order chi connectivity index (χ0) is 14.1. The summed E-state index contributed by atoms with van der Waals surface area (Å²) < 4.78 is 26.5. The maximum Gasteiger partial charge on any atom is 0.245 e. The van der Waals surface area contributed by atoms with Crippen LogP contribution in [-0.2, 0) is 10.0 Å². The molecule has 19 heavy (non-hydrogen) atoms. The second kappa shape index (κ2) is 5.11. The standard InChI is InChI=1S/C13H20N2O3S/c1-3-14-11-6-4-5-7-12(11)19(17,18)15-9-8-13(2,16)10-15/h4-7,14,16H,3,8-10H2,1-2H3. The molecule has 1 saturated heterocycles. The first kappa shape index (κ1) is 14.3. The molecule has 1 aromatic carbocycles. The Kier molecular flexibility index (Phi) is 3.85. The summed E-state index contributed by atoms with van der Waals surface area (Å²) in [6.45, 7) is 4.75. The lowest BCUT2D eigenvalue weighted by molar-refractivity contribution is 0.0762. The minimum Gasteiger partial charge on any atom is -0.389 e. The zero-order valence-corrected chi connectivity index (χ0v) is 12.1. The molecular weight excluding hydrogens is 264 g/mol. The average molecular weight is 284 g/mol. The Morgan fingerprint density at radius 3 is 2.68 bits per heavy atom. The lowest BCUT2D eigenvalue weighted by Crippen LogP contribution is -2.34. The number of anilines is 1. The summed E-state index contributed by atoms with van der Waals surface area (Å²) in [5.41, 5.74) is -0.322. The molecule has 1 unspecified atom stereocenters. The quantitative estimate of drug-likeness (QED) is 0.873. The van der Waals surface area contributed by atoms with Crippen molar-refractivity contribution in [3.8, 4) is 0 Å². The zero-order valence-electron chi connectivity index (χ0n) is 11.3. The molecular formula is C13H20N2O3S. The third-order valence-corrected chi connectivity index (χ3v) is 5.19. The highest BCUT2D eigenvalue weighted by atomic mass is 32.2. The molecule has 1 aliphatic rings. The molecule has 1 fully saturated rings. The predicted octanol–water partition coefficient (Wildman–Crippen LogP) is 1.26. The average Bonchev–Trinajstić information content (AvgIpc) is 2.71. The Morgan fingerprint density at radius 1 is 1.42 bits per heavy atom. The molecule has 6 heteroatoms. The van der Waals surface area contributed by atoms with Crippen LogP contribution in [0.4, 0.5) is 5.69 Å². The highest BCUT2D eigenvalue weighted by Crippen LogP contribution is 2.30. The van der Waals surface area contributed by atoms with E-state index < -0.39 is 15.6 Å². The fourth-order valence-corrected chi connectivity index (χ4v) is 4.00. The van der Waals surface area contributed by atoms with Crippen LogP contribution in [0.3, 0.4) is 0 Å². The molecule has 0 aromatic heterocycles. The van der Waals surface area contributed by atoms with Crippen LogP contribution in [0.2, 0.25) is 0 Å². The van der Waals surface area contributed by atoms with Gasteiger partial charge < -0.3 is 10.4 Å². The fraction of sp³-hybridized carbons (Fsp3) is 0.538. The summed E-state index contributed by atoms with van der Waals surface area (Å²) in [6, 6.07) is 6.87. The van der Waals surface area contributed by atoms with Gasteiger partial charge in [-0.1, -0.05) is 12.1 Å². The fourth-order valence-electron chi connectivity index (χ4n) is 2.28. The largest absolute Gasteiger partial charge is 0.389 e. The van der Waals surface area contributed by atoms with Crippen LogP contribution in [0.25, 0.3) is 0 Å². The normalized spacial score (nSPS) is 24.6. The summed E-state index contributed by atoms with van der Waals surface area (Å²) in [5, 5.41) is 13.0. The van der Waals surface area contributed by atoms with Gasteiger partial charge in [0.1, 0.15) is 4.90 Å². The summed E-state index contributed by atoms with van der Waals surface area (Å²) >= 11 is 0. The van der Waals surface area contributed by atoms with E-state index in [1.807, 2.05) is 6.92 Å². The number of aliphatic hydroxyl groups is 1. The van der Waals surface area contributed by atoms with Gasteiger partial charge in [-0.15, -0.1) is 0 Å². The van der Waals surface area contributed by atoms with Crippen molar-refractivity contribution in [2.75, 3.05) is 25.0 Å². The summed E-state index contributed by atoms with van der Waals surface area (Å²) in [5.74, 6) is 0. The minimum absolute atomic E-state index is 0.149. The first-order chi connectivity index (χ1) is 8.87. The van der Waals surface area contributed by atoms with Crippen molar-refractivity contribution < 1.29 is 13.5 Å². The lowest BCUT2D eigenvalue weighted by atomic mass is 10.1. The first-order valence-corrected chi connectivity index (χ1v) is 7.86. The van der Waals surface area contributed by atoms with Crippen LogP contribution in [0.15, 0.2) is 29.2 Å². The second-order valence-corrected chi connectivity index (χ2v) is 7.02. The molecule has 0 bridgehead atoms. The molecule has 1 atom stereocenters. The van der Waals surface area contributed by atoms with E-state index in [0.29, 0.717) is 25.2 Å². The maximum absolute atomic E-state index is 12.6. The van der Waals surface area contributed by atoms with Gasteiger partial charge in [-0.2, -0.15) is 4.31 Å². The molecule has 0 aliphatic carbocycles. The Morgan fingerprint density at radius 2 is 2.11 bits per heavy atom. The van der Waals surface area contributed by atoms with E-state index in [1.54, 1.807) is 31.2 Å². The van der Waals surface area contributed by atoms with Gasteiger partial charge in [0.25, 0.3) is 0 Å². The minimum atomic E-state index is -3.55. The van der Waals surface area contributed by atoms with Gasteiger partial charge >= 0.3 is 0 Å². The van der Waals surface area contributed by atoms with Crippen molar-refractivity contribution in [3.05, 3.63) is 24.3 Å². The number of sulfonamides is 1. The van der Waals surface area contributed by atoms with Crippen LogP contribution in [0.5, 0.6) is 0 Å². The van der Waals surface area contributed by atoms with Crippen LogP contribution in [-0.4, -0.2) is 43.1 Å². The topological polar surface area (TPSA) is 69.6 Å². The van der Waals surface area contributed by atoms with Gasteiger partial charge in [0, 0.05) is 19.6 Å². The van der Waals surface area contributed by atoms with Crippen molar-refractivity contribution in [3.63, 3.8) is 0 Å². The third kappa shape index (κ3) is 2.91. The Bertz CT molecular complexity index is 555. The summed E-state index contributed by atoms with van der Waals surface area (Å²) in [4.78, 5) is 0.273. The highest BCUT2D eigenvalue weighted by Gasteiger charge is 2.39. The van der Waals surface area contributed by atoms with E-state index in [2.05, 4.69) is 5.32 Å². The number of nitrogens with one attached hydrogen (secondary N) is 1. The number of hydrogen-bond acceptors (Lipinski definition) is 4. The molecule has 0 amide bonds. The summed E-state index contributed by atoms with van der Waals surface area (Å²) in [6.07, 6.45) is 0.468. The number of nitrogens with zero attached hydrogens (tertiary/aromatic N) is 1. The Hall–Kier alpha value is -1.11. The van der Waals surface area contributed by atoms with Gasteiger partial charge in [0.05, 0.1) is 11.3 Å². The molecule has 5 nitrogen and oxygen atoms in total. The van der Waals surface area contributed by atoms with Gasteiger partial charge in [-0.3, -0.25) is 0 Å². The number of hydrogen-bond donors (Lipinski definition) is 2. The van der Waals surface area contributed by atoms with Crippen LogP contribution in [0, 0.1) is 0 Å². The highest BCUT2D eigenvalue weighted by molar-refractivity contribution is 7.89. The van der Waals surface area contributed by atoms with E-state index in [-0.39, 0.29) is 11.4 Å². The van der Waals surface area contributed by atoms with Gasteiger partial charge in [-0.05, 0) is 32.4 Å². The molecule has 2 rings (SSSR count). The Balaban J connectivity index is 2.35. The summed E-state index contributed by atoms with van der Waals surface area (Å²) in [7, 11) is -3.55. The van der Waals surface area contributed by atoms with E-state index >= 15 is 0 Å². The van der Waals surface area contributed by atoms with Crippen molar-refractivity contribution in [1.29, 1.82) is 0 Å².